The molecule has 1 N–H and O–H groups in total. The highest BCUT2D eigenvalue weighted by Gasteiger charge is 2.17. The van der Waals surface area contributed by atoms with E-state index >= 15 is 0 Å². The van der Waals surface area contributed by atoms with Crippen LogP contribution in [0.2, 0.25) is 5.02 Å². The number of nitriles is 1. The maximum atomic E-state index is 13.2. The van der Waals surface area contributed by atoms with E-state index in [0.717, 1.165) is 6.07 Å². The molecule has 2 aromatic rings. The molecule has 5 nitrogen and oxygen atoms in total. The number of nitrogens with one attached hydrogen (secondary N) is 1. The summed E-state index contributed by atoms with van der Waals surface area (Å²) in [6, 6.07) is 8.94. The summed E-state index contributed by atoms with van der Waals surface area (Å²) < 4.78 is 24.3. The van der Waals surface area contributed by atoms with Gasteiger partial charge in [-0.2, -0.15) is 5.26 Å². The summed E-state index contributed by atoms with van der Waals surface area (Å²) in [5.41, 5.74) is 0.718. The lowest BCUT2D eigenvalue weighted by molar-refractivity contribution is -0.112. The molecule has 1 amide bonds. The highest BCUT2D eigenvalue weighted by atomic mass is 79.9. The molecule has 0 saturated heterocycles. The van der Waals surface area contributed by atoms with Crippen LogP contribution in [0.4, 0.5) is 10.1 Å². The van der Waals surface area contributed by atoms with E-state index < -0.39 is 11.7 Å². The fourth-order valence-corrected chi connectivity index (χ4v) is 2.74. The Labute approximate surface area is 155 Å². The number of halogens is 3. The molecule has 0 atom stereocenters. The lowest BCUT2D eigenvalue weighted by Crippen LogP contribution is -2.13. The van der Waals surface area contributed by atoms with Crippen LogP contribution in [0.5, 0.6) is 11.5 Å². The first-order chi connectivity index (χ1) is 12.0. The molecule has 25 heavy (non-hydrogen) atoms. The zero-order valence-corrected chi connectivity index (χ0v) is 14.8. The van der Waals surface area contributed by atoms with Crippen LogP contribution in [0.25, 0.3) is 6.08 Å². The molecule has 2 aromatic carbocycles. The first-order valence-corrected chi connectivity index (χ1v) is 8.12. The average Bonchev–Trinajstić information content (AvgIpc) is 3.02. The third-order valence-electron chi connectivity index (χ3n) is 3.33. The Morgan fingerprint density at radius 2 is 2.04 bits per heavy atom. The van der Waals surface area contributed by atoms with Gasteiger partial charge in [-0.15, -0.1) is 0 Å². The van der Waals surface area contributed by atoms with Gasteiger partial charge < -0.3 is 14.8 Å². The summed E-state index contributed by atoms with van der Waals surface area (Å²) in [4.78, 5) is 12.3. The van der Waals surface area contributed by atoms with E-state index in [4.69, 9.17) is 21.1 Å². The molecule has 126 valence electrons. The summed E-state index contributed by atoms with van der Waals surface area (Å²) in [7, 11) is 0. The van der Waals surface area contributed by atoms with Gasteiger partial charge >= 0.3 is 0 Å². The number of rotatable bonds is 3. The van der Waals surface area contributed by atoms with Gasteiger partial charge in [0.2, 0.25) is 6.79 Å². The highest BCUT2D eigenvalue weighted by molar-refractivity contribution is 9.10. The molecule has 0 radical (unpaired) electrons. The van der Waals surface area contributed by atoms with Crippen molar-refractivity contribution in [1.82, 2.24) is 0 Å². The number of hydrogen-bond donors (Lipinski definition) is 1. The van der Waals surface area contributed by atoms with Gasteiger partial charge in [-0.1, -0.05) is 27.5 Å². The van der Waals surface area contributed by atoms with Crippen molar-refractivity contribution in [2.24, 2.45) is 0 Å². The largest absolute Gasteiger partial charge is 0.454 e. The molecule has 0 fully saturated rings. The Bertz CT molecular complexity index is 940. The van der Waals surface area contributed by atoms with Gasteiger partial charge in [-0.25, -0.2) is 4.39 Å². The van der Waals surface area contributed by atoms with E-state index in [-0.39, 0.29) is 23.1 Å². The van der Waals surface area contributed by atoms with Gasteiger partial charge in [0.25, 0.3) is 5.91 Å². The van der Waals surface area contributed by atoms with Crippen molar-refractivity contribution in [1.29, 1.82) is 5.26 Å². The van der Waals surface area contributed by atoms with Gasteiger partial charge in [0.15, 0.2) is 11.5 Å². The van der Waals surface area contributed by atoms with Crippen LogP contribution in [0.1, 0.15) is 5.56 Å². The standard InChI is InChI=1S/C17H9BrClFN2O3/c18-12-6-16-15(24-8-25-16)4-9(12)3-10(7-21)17(23)22-11-1-2-14(20)13(19)5-11/h1-6H,8H2,(H,22,23)/b10-3+. The van der Waals surface area contributed by atoms with Crippen molar-refractivity contribution in [3.8, 4) is 17.6 Å². The maximum Gasteiger partial charge on any atom is 0.266 e. The lowest BCUT2D eigenvalue weighted by Gasteiger charge is -2.06. The van der Waals surface area contributed by atoms with Crippen molar-refractivity contribution in [3.05, 3.63) is 56.8 Å². The van der Waals surface area contributed by atoms with E-state index in [0.29, 0.717) is 21.5 Å². The normalized spacial score (nSPS) is 12.6. The molecule has 0 bridgehead atoms. The van der Waals surface area contributed by atoms with Gasteiger partial charge in [0, 0.05) is 10.2 Å². The molecule has 1 aliphatic rings. The van der Waals surface area contributed by atoms with E-state index in [1.165, 1.54) is 18.2 Å². The van der Waals surface area contributed by atoms with Crippen LogP contribution >= 0.6 is 27.5 Å². The van der Waals surface area contributed by atoms with Crippen molar-refractivity contribution in [2.45, 2.75) is 0 Å². The Morgan fingerprint density at radius 3 is 2.72 bits per heavy atom. The average molecular weight is 424 g/mol. The van der Waals surface area contributed by atoms with Crippen molar-refractivity contribution >= 4 is 45.2 Å². The Balaban J connectivity index is 1.86. The molecule has 3 rings (SSSR count). The summed E-state index contributed by atoms with van der Waals surface area (Å²) in [5, 5.41) is 11.7. The van der Waals surface area contributed by atoms with E-state index in [1.54, 1.807) is 12.1 Å². The Morgan fingerprint density at radius 1 is 1.32 bits per heavy atom. The van der Waals surface area contributed by atoms with E-state index in [1.807, 2.05) is 6.07 Å². The predicted octanol–water partition coefficient (Wildman–Crippen LogP) is 4.52. The number of carbonyl (C=O) groups excluding carboxylic acids is 1. The van der Waals surface area contributed by atoms with Crippen LogP contribution in [0, 0.1) is 17.1 Å². The molecular formula is C17H9BrClFN2O3. The molecule has 0 unspecified atom stereocenters. The molecule has 1 heterocycles. The van der Waals surface area contributed by atoms with Gasteiger partial charge in [0.05, 0.1) is 5.02 Å². The predicted molar refractivity (Wildman–Crippen MR) is 93.9 cm³/mol. The SMILES string of the molecule is N#C/C(=C\c1cc2c(cc1Br)OCO2)C(=O)Nc1ccc(F)c(Cl)c1. The van der Waals surface area contributed by atoms with Crippen molar-refractivity contribution in [3.63, 3.8) is 0 Å². The quantitative estimate of drug-likeness (QED) is 0.582. The van der Waals surface area contributed by atoms with Crippen molar-refractivity contribution in [2.75, 3.05) is 12.1 Å². The number of ether oxygens (including phenoxy) is 2. The van der Waals surface area contributed by atoms with Gasteiger partial charge in [-0.05, 0) is 42.0 Å². The Hall–Kier alpha value is -2.56. The van der Waals surface area contributed by atoms with Crippen LogP contribution in [-0.2, 0) is 4.79 Å². The van der Waals surface area contributed by atoms with E-state index in [9.17, 15) is 14.4 Å². The molecule has 0 spiro atoms. The molecule has 0 aliphatic carbocycles. The zero-order valence-electron chi connectivity index (χ0n) is 12.5. The molecular weight excluding hydrogens is 415 g/mol. The second-order valence-electron chi connectivity index (χ2n) is 4.98. The van der Waals surface area contributed by atoms with Gasteiger partial charge in [0.1, 0.15) is 17.5 Å². The van der Waals surface area contributed by atoms with Crippen LogP contribution in [0.3, 0.4) is 0 Å². The third kappa shape index (κ3) is 3.76. The number of hydrogen-bond acceptors (Lipinski definition) is 4. The summed E-state index contributed by atoms with van der Waals surface area (Å²) >= 11 is 9.04. The van der Waals surface area contributed by atoms with Crippen LogP contribution in [-0.4, -0.2) is 12.7 Å². The second-order valence-corrected chi connectivity index (χ2v) is 6.24. The number of nitrogens with zero attached hydrogens (tertiary/aromatic N) is 1. The maximum absolute atomic E-state index is 13.2. The highest BCUT2D eigenvalue weighted by Crippen LogP contribution is 2.37. The number of amides is 1. The summed E-state index contributed by atoms with van der Waals surface area (Å²) in [5.74, 6) is -0.139. The first kappa shape index (κ1) is 17.3. The van der Waals surface area contributed by atoms with Gasteiger partial charge in [-0.3, -0.25) is 4.79 Å². The fraction of sp³-hybridized carbons (Fsp3) is 0.0588. The second kappa shape index (κ2) is 7.13. The zero-order chi connectivity index (χ0) is 18.0. The van der Waals surface area contributed by atoms with Crippen LogP contribution in [0.15, 0.2) is 40.4 Å². The molecule has 8 heteroatoms. The summed E-state index contributed by atoms with van der Waals surface area (Å²) in [6.07, 6.45) is 1.41. The monoisotopic (exact) mass is 422 g/mol. The summed E-state index contributed by atoms with van der Waals surface area (Å²) in [6.45, 7) is 0.117. The number of anilines is 1. The van der Waals surface area contributed by atoms with Crippen LogP contribution < -0.4 is 14.8 Å². The minimum Gasteiger partial charge on any atom is -0.454 e. The fourth-order valence-electron chi connectivity index (χ4n) is 2.12. The number of fused-ring (bicyclic) bond motifs is 1. The molecule has 0 saturated carbocycles. The minimum atomic E-state index is -0.644. The number of carbonyl (C=O) groups is 1. The van der Waals surface area contributed by atoms with Crippen molar-refractivity contribution < 1.29 is 18.7 Å². The minimum absolute atomic E-state index is 0.117. The number of benzene rings is 2. The lowest BCUT2D eigenvalue weighted by atomic mass is 10.1. The first-order valence-electron chi connectivity index (χ1n) is 6.95. The van der Waals surface area contributed by atoms with E-state index in [2.05, 4.69) is 21.2 Å². The molecule has 1 aliphatic heterocycles. The smallest absolute Gasteiger partial charge is 0.266 e. The molecule has 0 aromatic heterocycles. The topological polar surface area (TPSA) is 71.3 Å². The third-order valence-corrected chi connectivity index (χ3v) is 4.31. The Kier molecular flexibility index (Phi) is 4.93.